The van der Waals surface area contributed by atoms with Gasteiger partial charge in [-0.2, -0.15) is 0 Å². The minimum absolute atomic E-state index is 0.0304. The molecule has 4 amide bonds. The van der Waals surface area contributed by atoms with Crippen molar-refractivity contribution in [3.63, 3.8) is 0 Å². The van der Waals surface area contributed by atoms with E-state index in [1.54, 1.807) is 54.7 Å². The molecule has 0 saturated carbocycles. The number of unbranched alkanes of at least 4 members (excludes halogenated alkanes) is 2. The fraction of sp³-hybridized carbons (Fsp3) is 0.469. The molecule has 68 heavy (non-hydrogen) atoms. The predicted molar refractivity (Wildman–Crippen MR) is 250 cm³/mol. The highest BCUT2D eigenvalue weighted by atomic mass is 16.6. The maximum absolute atomic E-state index is 13.8. The number of fused-ring (bicyclic) bond motifs is 3. The summed E-state index contributed by atoms with van der Waals surface area (Å²) in [6.07, 6.45) is 11.2. The van der Waals surface area contributed by atoms with Crippen molar-refractivity contribution < 1.29 is 47.8 Å². The summed E-state index contributed by atoms with van der Waals surface area (Å²) in [5.74, 6) is 0.272. The molecule has 19 heteroatoms. The zero-order chi connectivity index (χ0) is 48.9. The number of ether oxygens (including phenoxy) is 2. The smallest absolute Gasteiger partial charge is 0.407 e. The summed E-state index contributed by atoms with van der Waals surface area (Å²) in [6.45, 7) is 6.98. The van der Waals surface area contributed by atoms with E-state index >= 15 is 0 Å². The molecular weight excluding hydrogens is 875 g/mol. The zero-order valence-corrected chi connectivity index (χ0v) is 39.0. The number of amides is 4. The Balaban J connectivity index is 1.21. The number of rotatable bonds is 29. The fourth-order valence-corrected chi connectivity index (χ4v) is 8.03. The first-order chi connectivity index (χ1) is 32.8. The van der Waals surface area contributed by atoms with Crippen LogP contribution in [0.4, 0.5) is 9.59 Å². The lowest BCUT2D eigenvalue weighted by Gasteiger charge is -2.24. The van der Waals surface area contributed by atoms with E-state index in [-0.39, 0.29) is 57.8 Å². The van der Waals surface area contributed by atoms with Crippen molar-refractivity contribution in [2.45, 2.75) is 128 Å². The molecular formula is C49H63N9O10. The van der Waals surface area contributed by atoms with Crippen molar-refractivity contribution >= 4 is 49.1 Å². The van der Waals surface area contributed by atoms with Gasteiger partial charge in [-0.3, -0.25) is 14.5 Å². The van der Waals surface area contributed by atoms with Crippen molar-refractivity contribution in [1.82, 2.24) is 45.3 Å². The third-order valence-corrected chi connectivity index (χ3v) is 11.3. The van der Waals surface area contributed by atoms with Gasteiger partial charge in [0.2, 0.25) is 5.91 Å². The van der Waals surface area contributed by atoms with Gasteiger partial charge in [-0.05, 0) is 94.5 Å². The molecule has 0 fully saturated rings. The second-order valence-corrected chi connectivity index (χ2v) is 17.6. The molecule has 0 saturated heterocycles. The number of hydrogen-bond donors (Lipinski definition) is 4. The first-order valence-electron chi connectivity index (χ1n) is 23.0. The number of aromatic nitrogens is 4. The first kappa shape index (κ1) is 52.0. The lowest BCUT2D eigenvalue weighted by Crippen LogP contribution is -2.48. The Kier molecular flexibility index (Phi) is 20.1. The van der Waals surface area contributed by atoms with Crippen molar-refractivity contribution in [3.05, 3.63) is 96.1 Å². The maximum Gasteiger partial charge on any atom is 0.407 e. The standard InChI is InChI=1S/C49H63N9O10/c1-49(2,3)68-45(63)31-58-25-22-51-44(58)30-56(29-43-50-21-24-57(43)26-28-60)23-11-9-19-42(46(64)52-20-10-8-13-35(32-61)53-47(65)54-36(33-62)14-12-27-59)55-48(66)67-34-41-39-17-6-4-15-37(39)38-16-5-7-18-40(38)41/h4-7,15-18,21-22,24-25,27-28,32-33,35-36,41-42H,8-14,19-20,23,26,29-31,34H2,1-3H3,(H,52,64)(H,55,66)(H2,53,54,65)/t35-,36-,42-/m1/s1. The van der Waals surface area contributed by atoms with E-state index in [1.165, 1.54) is 0 Å². The summed E-state index contributed by atoms with van der Waals surface area (Å²) >= 11 is 0. The summed E-state index contributed by atoms with van der Waals surface area (Å²) in [4.78, 5) is 109. The SMILES string of the molecule is CC(C)(C)OC(=O)Cn1ccnc1CN(CCCC[C@@H](NC(=O)OCC1c2ccccc2-c2ccccc21)C(=O)NCCCC[C@H](C=O)NC(=O)N[C@@H](C=O)CCC=O)Cc1nccn1CC=O. The number of aldehydes is 4. The van der Waals surface area contributed by atoms with Crippen molar-refractivity contribution in [3.8, 4) is 11.1 Å². The van der Waals surface area contributed by atoms with Crippen LogP contribution in [-0.2, 0) is 64.4 Å². The number of nitrogens with zero attached hydrogens (tertiary/aromatic N) is 5. The summed E-state index contributed by atoms with van der Waals surface area (Å²) in [5, 5.41) is 10.7. The molecule has 5 rings (SSSR count). The highest BCUT2D eigenvalue weighted by Crippen LogP contribution is 2.44. The summed E-state index contributed by atoms with van der Waals surface area (Å²) in [5.41, 5.74) is 3.61. The van der Waals surface area contributed by atoms with Crippen molar-refractivity contribution in [2.24, 2.45) is 0 Å². The Morgan fingerprint density at radius 1 is 0.750 bits per heavy atom. The highest BCUT2D eigenvalue weighted by Gasteiger charge is 2.30. The number of benzene rings is 2. The molecule has 19 nitrogen and oxygen atoms in total. The second-order valence-electron chi connectivity index (χ2n) is 17.6. The van der Waals surface area contributed by atoms with Crippen LogP contribution in [0.15, 0.2) is 73.3 Å². The number of esters is 1. The largest absolute Gasteiger partial charge is 0.459 e. The molecule has 1 aliphatic rings. The molecule has 3 atom stereocenters. The molecule has 0 radical (unpaired) electrons. The molecule has 2 aromatic carbocycles. The number of carbonyl (C=O) groups is 8. The van der Waals surface area contributed by atoms with Gasteiger partial charge in [0.1, 0.15) is 61.6 Å². The Morgan fingerprint density at radius 2 is 1.35 bits per heavy atom. The van der Waals surface area contributed by atoms with E-state index in [0.717, 1.165) is 28.5 Å². The number of nitrogens with one attached hydrogen (secondary N) is 4. The number of alkyl carbamates (subject to hydrolysis) is 1. The maximum atomic E-state index is 13.8. The van der Waals surface area contributed by atoms with Gasteiger partial charge < -0.3 is 59.1 Å². The number of carbonyl (C=O) groups excluding carboxylic acids is 8. The quantitative estimate of drug-likeness (QED) is 0.0336. The molecule has 1 aliphatic carbocycles. The van der Waals surface area contributed by atoms with Crippen LogP contribution in [0.1, 0.15) is 101 Å². The number of urea groups is 1. The number of hydrogen-bond acceptors (Lipinski definition) is 13. The van der Waals surface area contributed by atoms with E-state index in [0.29, 0.717) is 75.8 Å². The Bertz CT molecular complexity index is 2280. The fourth-order valence-electron chi connectivity index (χ4n) is 8.03. The minimum Gasteiger partial charge on any atom is -0.459 e. The van der Waals surface area contributed by atoms with E-state index in [9.17, 15) is 38.4 Å². The molecule has 2 aromatic heterocycles. The topological polar surface area (TPSA) is 242 Å². The monoisotopic (exact) mass is 937 g/mol. The van der Waals surface area contributed by atoms with Gasteiger partial charge in [-0.1, -0.05) is 48.5 Å². The predicted octanol–water partition coefficient (Wildman–Crippen LogP) is 4.40. The van der Waals surface area contributed by atoms with Crippen molar-refractivity contribution in [1.29, 1.82) is 0 Å². The van der Waals surface area contributed by atoms with Gasteiger partial charge in [-0.25, -0.2) is 19.6 Å². The van der Waals surface area contributed by atoms with E-state index in [1.807, 2.05) is 48.5 Å². The zero-order valence-electron chi connectivity index (χ0n) is 39.0. The average Bonchev–Trinajstić information content (AvgIpc) is 4.03. The van der Waals surface area contributed by atoms with Gasteiger partial charge in [0, 0.05) is 43.7 Å². The Labute approximate surface area is 396 Å². The van der Waals surface area contributed by atoms with E-state index in [4.69, 9.17) is 9.47 Å². The van der Waals surface area contributed by atoms with E-state index < -0.39 is 47.7 Å². The Morgan fingerprint density at radius 3 is 1.97 bits per heavy atom. The van der Waals surface area contributed by atoms with Gasteiger partial charge in [-0.15, -0.1) is 0 Å². The third kappa shape index (κ3) is 16.1. The van der Waals surface area contributed by atoms with Gasteiger partial charge in [0.15, 0.2) is 0 Å². The van der Waals surface area contributed by atoms with Gasteiger partial charge >= 0.3 is 18.1 Å². The molecule has 0 unspecified atom stereocenters. The van der Waals surface area contributed by atoms with Crippen molar-refractivity contribution in [2.75, 3.05) is 19.7 Å². The Hall–Kier alpha value is -7.02. The second kappa shape index (κ2) is 26.4. The minimum atomic E-state index is -0.962. The van der Waals surface area contributed by atoms with Crippen LogP contribution in [0.3, 0.4) is 0 Å². The van der Waals surface area contributed by atoms with E-state index in [2.05, 4.69) is 36.1 Å². The summed E-state index contributed by atoms with van der Waals surface area (Å²) in [6, 6.07) is 12.6. The average molecular weight is 938 g/mol. The molecule has 4 aromatic rings. The van der Waals surface area contributed by atoms with Crippen LogP contribution in [0, 0.1) is 0 Å². The molecule has 2 heterocycles. The van der Waals surface area contributed by atoms with Crippen LogP contribution < -0.4 is 21.3 Å². The summed E-state index contributed by atoms with van der Waals surface area (Å²) < 4.78 is 14.8. The molecule has 0 aliphatic heterocycles. The summed E-state index contributed by atoms with van der Waals surface area (Å²) in [7, 11) is 0. The van der Waals surface area contributed by atoms with Gasteiger partial charge in [0.25, 0.3) is 0 Å². The molecule has 4 N–H and O–H groups in total. The first-order valence-corrected chi connectivity index (χ1v) is 23.0. The van der Waals surface area contributed by atoms with Gasteiger partial charge in [0.05, 0.1) is 31.7 Å². The molecule has 364 valence electrons. The molecule has 0 bridgehead atoms. The number of imidazole rings is 2. The van der Waals surface area contributed by atoms with Crippen LogP contribution in [0.2, 0.25) is 0 Å². The van der Waals surface area contributed by atoms with Crippen LogP contribution in [0.5, 0.6) is 0 Å². The van der Waals surface area contributed by atoms with Crippen LogP contribution in [-0.4, -0.2) is 117 Å². The lowest BCUT2D eigenvalue weighted by molar-refractivity contribution is -0.155. The normalized spacial score (nSPS) is 13.3. The lowest BCUT2D eigenvalue weighted by atomic mass is 9.98. The highest BCUT2D eigenvalue weighted by molar-refractivity contribution is 5.86. The van der Waals surface area contributed by atoms with Crippen LogP contribution in [0.25, 0.3) is 11.1 Å². The van der Waals surface area contributed by atoms with Crippen LogP contribution >= 0.6 is 0 Å². The molecule has 0 spiro atoms. The third-order valence-electron chi connectivity index (χ3n) is 11.3.